The molecule has 4 heterocycles. The van der Waals surface area contributed by atoms with Gasteiger partial charge in [0, 0.05) is 51.7 Å². The maximum absolute atomic E-state index is 5.52. The summed E-state index contributed by atoms with van der Waals surface area (Å²) < 4.78 is 7.79. The highest BCUT2D eigenvalue weighted by Crippen LogP contribution is 2.35. The number of methoxy groups -OCH3 is 1. The number of aryl methyl sites for hydroxylation is 1. The number of hydrogen-bond donors (Lipinski definition) is 0. The molecule has 0 unspecified atom stereocenters. The van der Waals surface area contributed by atoms with Gasteiger partial charge in [-0.25, -0.2) is 4.98 Å². The Morgan fingerprint density at radius 1 is 1.00 bits per heavy atom. The number of pyridine rings is 2. The van der Waals surface area contributed by atoms with Crippen molar-refractivity contribution in [2.45, 2.75) is 38.4 Å². The first-order chi connectivity index (χ1) is 18.2. The molecule has 1 atom stereocenters. The van der Waals surface area contributed by atoms with Crippen LogP contribution in [0.2, 0.25) is 0 Å². The highest BCUT2D eigenvalue weighted by atomic mass is 16.5. The van der Waals surface area contributed by atoms with Crippen LogP contribution in [0, 0.1) is 0 Å². The Morgan fingerprint density at radius 3 is 2.73 bits per heavy atom. The Kier molecular flexibility index (Phi) is 6.81. The monoisotopic (exact) mass is 496 g/mol. The zero-order valence-corrected chi connectivity index (χ0v) is 21.9. The Bertz CT molecular complexity index is 1360. The van der Waals surface area contributed by atoms with Crippen LogP contribution < -0.4 is 9.64 Å². The first kappa shape index (κ1) is 23.9. The summed E-state index contributed by atoms with van der Waals surface area (Å²) in [5.41, 5.74) is 5.94. The molecule has 1 fully saturated rings. The van der Waals surface area contributed by atoms with E-state index in [0.29, 0.717) is 0 Å². The van der Waals surface area contributed by atoms with E-state index in [1.807, 2.05) is 12.3 Å². The number of likely N-dealkylation sites (N-methyl/N-ethyl adjacent to an activating group) is 1. The maximum Gasteiger partial charge on any atom is 0.138 e. The molecule has 0 bridgehead atoms. The van der Waals surface area contributed by atoms with Crippen LogP contribution in [0.3, 0.4) is 0 Å². The largest absolute Gasteiger partial charge is 0.497 e. The molecule has 1 aliphatic heterocycles. The molecule has 3 aromatic heterocycles. The third-order valence-electron chi connectivity index (χ3n) is 7.84. The van der Waals surface area contributed by atoms with E-state index in [9.17, 15) is 0 Å². The summed E-state index contributed by atoms with van der Waals surface area (Å²) in [6.45, 7) is 5.82. The lowest BCUT2D eigenvalue weighted by atomic mass is 9.90. The van der Waals surface area contributed by atoms with Gasteiger partial charge in [-0.2, -0.15) is 0 Å². The number of benzene rings is 1. The summed E-state index contributed by atoms with van der Waals surface area (Å²) in [5, 5.41) is 0. The third-order valence-corrected chi connectivity index (χ3v) is 7.84. The second-order valence-electron chi connectivity index (χ2n) is 10.3. The highest BCUT2D eigenvalue weighted by Gasteiger charge is 2.28. The molecule has 7 nitrogen and oxygen atoms in total. The molecular formula is C30H36N6O. The molecular weight excluding hydrogens is 460 g/mol. The zero-order chi connectivity index (χ0) is 25.2. The number of ether oxygens (including phenoxy) is 1. The summed E-state index contributed by atoms with van der Waals surface area (Å²) in [7, 11) is 3.93. The number of rotatable bonds is 7. The van der Waals surface area contributed by atoms with Crippen molar-refractivity contribution in [1.82, 2.24) is 24.2 Å². The zero-order valence-electron chi connectivity index (χ0n) is 21.9. The van der Waals surface area contributed by atoms with Crippen molar-refractivity contribution in [3.05, 3.63) is 89.5 Å². The molecule has 2 aliphatic rings. The molecule has 4 aromatic rings. The normalized spacial score (nSPS) is 18.4. The minimum Gasteiger partial charge on any atom is -0.497 e. The molecule has 1 aliphatic carbocycles. The fourth-order valence-corrected chi connectivity index (χ4v) is 5.85. The minimum atomic E-state index is 0.262. The van der Waals surface area contributed by atoms with Crippen molar-refractivity contribution in [3.8, 4) is 5.75 Å². The summed E-state index contributed by atoms with van der Waals surface area (Å²) in [6, 6.07) is 19.5. The smallest absolute Gasteiger partial charge is 0.138 e. The van der Waals surface area contributed by atoms with Gasteiger partial charge >= 0.3 is 0 Å². The van der Waals surface area contributed by atoms with Crippen LogP contribution in [0.15, 0.2) is 67.0 Å². The first-order valence-corrected chi connectivity index (χ1v) is 13.4. The van der Waals surface area contributed by atoms with E-state index in [2.05, 4.69) is 80.9 Å². The van der Waals surface area contributed by atoms with E-state index in [1.54, 1.807) is 7.11 Å². The molecule has 0 saturated carbocycles. The van der Waals surface area contributed by atoms with Gasteiger partial charge in [-0.15, -0.1) is 0 Å². The summed E-state index contributed by atoms with van der Waals surface area (Å²) in [6.07, 6.45) is 7.57. The van der Waals surface area contributed by atoms with E-state index in [-0.39, 0.29) is 6.04 Å². The topological polar surface area (TPSA) is 49.1 Å². The number of piperazine rings is 1. The van der Waals surface area contributed by atoms with Gasteiger partial charge in [0.05, 0.1) is 24.5 Å². The van der Waals surface area contributed by atoms with Gasteiger partial charge in [0.2, 0.25) is 0 Å². The molecule has 192 valence electrons. The minimum absolute atomic E-state index is 0.262. The molecule has 0 radical (unpaired) electrons. The average molecular weight is 497 g/mol. The van der Waals surface area contributed by atoms with Gasteiger partial charge in [0.1, 0.15) is 17.2 Å². The number of anilines is 1. The number of nitrogens with zero attached hydrogens (tertiary/aromatic N) is 6. The number of aromatic nitrogens is 3. The van der Waals surface area contributed by atoms with E-state index < -0.39 is 0 Å². The van der Waals surface area contributed by atoms with Crippen LogP contribution in [0.5, 0.6) is 5.75 Å². The van der Waals surface area contributed by atoms with Gasteiger partial charge in [-0.1, -0.05) is 24.3 Å². The van der Waals surface area contributed by atoms with E-state index in [0.717, 1.165) is 69.2 Å². The van der Waals surface area contributed by atoms with E-state index in [1.165, 1.54) is 29.1 Å². The van der Waals surface area contributed by atoms with Gasteiger partial charge in [0.15, 0.2) is 0 Å². The lowest BCUT2D eigenvalue weighted by Gasteiger charge is -2.35. The molecule has 0 N–H and O–H groups in total. The molecule has 7 heteroatoms. The Hall–Kier alpha value is -3.42. The van der Waals surface area contributed by atoms with Crippen molar-refractivity contribution in [3.63, 3.8) is 0 Å². The number of hydrogen-bond acceptors (Lipinski definition) is 6. The molecule has 1 saturated heterocycles. The van der Waals surface area contributed by atoms with E-state index >= 15 is 0 Å². The van der Waals surface area contributed by atoms with Crippen molar-refractivity contribution in [2.75, 3.05) is 45.2 Å². The Balaban J connectivity index is 1.33. The molecule has 37 heavy (non-hydrogen) atoms. The lowest BCUT2D eigenvalue weighted by Crippen LogP contribution is -2.45. The Morgan fingerprint density at radius 2 is 1.86 bits per heavy atom. The summed E-state index contributed by atoms with van der Waals surface area (Å²) in [5.74, 6) is 2.12. The van der Waals surface area contributed by atoms with Gasteiger partial charge in [-0.3, -0.25) is 14.3 Å². The van der Waals surface area contributed by atoms with Crippen molar-refractivity contribution >= 4 is 11.5 Å². The van der Waals surface area contributed by atoms with E-state index in [4.69, 9.17) is 14.7 Å². The van der Waals surface area contributed by atoms with Crippen LogP contribution in [-0.4, -0.2) is 64.5 Å². The van der Waals surface area contributed by atoms with Crippen LogP contribution in [-0.2, 0) is 19.5 Å². The summed E-state index contributed by atoms with van der Waals surface area (Å²) in [4.78, 5) is 17.4. The number of fused-ring (bicyclic) bond motifs is 2. The summed E-state index contributed by atoms with van der Waals surface area (Å²) >= 11 is 0. The average Bonchev–Trinajstić information content (AvgIpc) is 3.36. The lowest BCUT2D eigenvalue weighted by molar-refractivity contribution is 0.155. The van der Waals surface area contributed by atoms with Gasteiger partial charge in [0.25, 0.3) is 0 Å². The second kappa shape index (κ2) is 10.5. The second-order valence-corrected chi connectivity index (χ2v) is 10.3. The van der Waals surface area contributed by atoms with Crippen molar-refractivity contribution in [2.24, 2.45) is 0 Å². The molecule has 1 aromatic carbocycles. The van der Waals surface area contributed by atoms with Crippen LogP contribution >= 0.6 is 0 Å². The molecule has 0 amide bonds. The van der Waals surface area contributed by atoms with Crippen LogP contribution in [0.1, 0.15) is 41.4 Å². The fourth-order valence-electron chi connectivity index (χ4n) is 5.85. The number of imidazole rings is 1. The van der Waals surface area contributed by atoms with Crippen LogP contribution in [0.4, 0.5) is 5.82 Å². The predicted octanol–water partition coefficient (Wildman–Crippen LogP) is 4.57. The first-order valence-electron chi connectivity index (χ1n) is 13.4. The van der Waals surface area contributed by atoms with Crippen LogP contribution in [0.25, 0.3) is 5.65 Å². The molecule has 0 spiro atoms. The standard InChI is InChI=1S/C30H36N6O/c1-33-15-17-34(18-16-33)29-13-5-12-28-32-25(22-36(28)29)21-35(20-23-7-3-10-26(19-23)37-2)27-11-4-8-24-9-6-14-31-30(24)27/h3,5-7,9-10,12-14,19,22,27H,4,8,11,15-18,20-21H2,1-2H3/t27-/m0/s1. The predicted molar refractivity (Wildman–Crippen MR) is 147 cm³/mol. The van der Waals surface area contributed by atoms with Crippen molar-refractivity contribution < 1.29 is 4.74 Å². The highest BCUT2D eigenvalue weighted by molar-refractivity contribution is 5.53. The molecule has 6 rings (SSSR count). The SMILES string of the molecule is COc1cccc(CN(Cc2cn3c(N4CCN(C)CC4)cccc3n2)[C@H]2CCCc3cccnc32)c1. The van der Waals surface area contributed by atoms with Gasteiger partial charge < -0.3 is 14.5 Å². The van der Waals surface area contributed by atoms with Gasteiger partial charge in [-0.05, 0) is 67.8 Å². The third kappa shape index (κ3) is 5.06. The Labute approximate surface area is 219 Å². The fraction of sp³-hybridized carbons (Fsp3) is 0.400. The van der Waals surface area contributed by atoms with Crippen molar-refractivity contribution in [1.29, 1.82) is 0 Å². The maximum atomic E-state index is 5.52. The quantitative estimate of drug-likeness (QED) is 0.374.